The second-order valence-corrected chi connectivity index (χ2v) is 4.53. The lowest BCUT2D eigenvalue weighted by atomic mass is 9.99. The van der Waals surface area contributed by atoms with Gasteiger partial charge >= 0.3 is 0 Å². The molecule has 1 aliphatic carbocycles. The highest BCUT2D eigenvalue weighted by molar-refractivity contribution is 6.00. The van der Waals surface area contributed by atoms with E-state index in [1.165, 1.54) is 0 Å². The molecule has 0 fully saturated rings. The second kappa shape index (κ2) is 5.53. The molecule has 0 radical (unpaired) electrons. The van der Waals surface area contributed by atoms with Crippen LogP contribution in [0.25, 0.3) is 0 Å². The summed E-state index contributed by atoms with van der Waals surface area (Å²) in [4.78, 5) is 5.35. The summed E-state index contributed by atoms with van der Waals surface area (Å²) < 4.78 is 4.72. The molecule has 0 saturated carbocycles. The van der Waals surface area contributed by atoms with E-state index in [0.717, 1.165) is 36.2 Å². The van der Waals surface area contributed by atoms with Crippen LogP contribution in [-0.2, 0) is 17.9 Å². The summed E-state index contributed by atoms with van der Waals surface area (Å²) in [5, 5.41) is 20.5. The number of hydrogen-bond donors (Lipinski definition) is 0. The summed E-state index contributed by atoms with van der Waals surface area (Å²) >= 11 is 0. The van der Waals surface area contributed by atoms with Crippen molar-refractivity contribution in [1.29, 1.82) is 5.26 Å². The molecule has 2 aromatic rings. The Labute approximate surface area is 115 Å². The van der Waals surface area contributed by atoms with E-state index >= 15 is 0 Å². The quantitative estimate of drug-likeness (QED) is 0.797. The molecule has 1 aromatic carbocycles. The van der Waals surface area contributed by atoms with Crippen molar-refractivity contribution in [3.8, 4) is 6.07 Å². The molecule has 1 heterocycles. The van der Waals surface area contributed by atoms with Gasteiger partial charge in [0.1, 0.15) is 18.0 Å². The van der Waals surface area contributed by atoms with Crippen LogP contribution in [0.15, 0.2) is 34.1 Å². The van der Waals surface area contributed by atoms with Crippen LogP contribution in [-0.4, -0.2) is 16.0 Å². The molecular weight excluding hydrogens is 256 g/mol. The predicted octanol–water partition coefficient (Wildman–Crippen LogP) is 2.20. The SMILES string of the molecule is N#Cc1ccc(CO/N=C2\CCCc3nonc32)cc1. The van der Waals surface area contributed by atoms with Crippen LogP contribution in [0.5, 0.6) is 0 Å². The molecule has 1 aromatic heterocycles. The molecule has 0 bridgehead atoms. The zero-order valence-electron chi connectivity index (χ0n) is 10.7. The lowest BCUT2D eigenvalue weighted by molar-refractivity contribution is 0.130. The van der Waals surface area contributed by atoms with Gasteiger partial charge in [0.25, 0.3) is 0 Å². The van der Waals surface area contributed by atoms with E-state index in [1.54, 1.807) is 12.1 Å². The van der Waals surface area contributed by atoms with Gasteiger partial charge in [-0.2, -0.15) is 5.26 Å². The van der Waals surface area contributed by atoms with Crippen molar-refractivity contribution in [3.05, 3.63) is 46.8 Å². The zero-order valence-corrected chi connectivity index (χ0v) is 10.7. The normalized spacial score (nSPS) is 15.7. The number of benzene rings is 1. The van der Waals surface area contributed by atoms with Crippen molar-refractivity contribution in [2.45, 2.75) is 25.9 Å². The predicted molar refractivity (Wildman–Crippen MR) is 69.7 cm³/mol. The monoisotopic (exact) mass is 268 g/mol. The summed E-state index contributed by atoms with van der Waals surface area (Å²) in [5.74, 6) is 0. The molecular formula is C14H12N4O2. The molecule has 100 valence electrons. The van der Waals surface area contributed by atoms with Gasteiger partial charge in [-0.1, -0.05) is 22.4 Å². The fourth-order valence-corrected chi connectivity index (χ4v) is 2.08. The second-order valence-electron chi connectivity index (χ2n) is 4.53. The maximum atomic E-state index is 8.72. The number of hydrogen-bond acceptors (Lipinski definition) is 6. The minimum absolute atomic E-state index is 0.357. The molecule has 0 saturated heterocycles. The highest BCUT2D eigenvalue weighted by Gasteiger charge is 2.21. The van der Waals surface area contributed by atoms with E-state index in [2.05, 4.69) is 21.5 Å². The molecule has 0 atom stereocenters. The third-order valence-electron chi connectivity index (χ3n) is 3.15. The van der Waals surface area contributed by atoms with Crippen molar-refractivity contribution in [1.82, 2.24) is 10.3 Å². The first kappa shape index (κ1) is 12.4. The Morgan fingerprint density at radius 1 is 1.25 bits per heavy atom. The summed E-state index contributed by atoms with van der Waals surface area (Å²) in [5.41, 5.74) is 3.92. The van der Waals surface area contributed by atoms with Crippen LogP contribution in [0.3, 0.4) is 0 Å². The smallest absolute Gasteiger partial charge is 0.155 e. The highest BCUT2D eigenvalue weighted by Crippen LogP contribution is 2.18. The van der Waals surface area contributed by atoms with Gasteiger partial charge in [0.2, 0.25) is 0 Å². The Hall–Kier alpha value is -2.68. The van der Waals surface area contributed by atoms with Gasteiger partial charge in [0, 0.05) is 0 Å². The standard InChI is InChI=1S/C14H12N4O2/c15-8-10-4-6-11(7-5-10)9-19-16-12-2-1-3-13-14(12)18-20-17-13/h4-7H,1-3,9H2/b16-12+. The van der Waals surface area contributed by atoms with Gasteiger partial charge in [0.15, 0.2) is 5.69 Å². The van der Waals surface area contributed by atoms with Crippen LogP contribution < -0.4 is 0 Å². The van der Waals surface area contributed by atoms with E-state index < -0.39 is 0 Å². The van der Waals surface area contributed by atoms with Crippen molar-refractivity contribution in [2.75, 3.05) is 0 Å². The van der Waals surface area contributed by atoms with Gasteiger partial charge in [-0.05, 0) is 42.1 Å². The van der Waals surface area contributed by atoms with Gasteiger partial charge < -0.3 is 4.84 Å². The first-order valence-electron chi connectivity index (χ1n) is 6.36. The van der Waals surface area contributed by atoms with Crippen LogP contribution in [0, 0.1) is 11.3 Å². The first-order valence-corrected chi connectivity index (χ1v) is 6.36. The average Bonchev–Trinajstić information content (AvgIpc) is 2.97. The van der Waals surface area contributed by atoms with Crippen LogP contribution >= 0.6 is 0 Å². The fraction of sp³-hybridized carbons (Fsp3) is 0.286. The van der Waals surface area contributed by atoms with Crippen molar-refractivity contribution in [2.24, 2.45) is 5.16 Å². The highest BCUT2D eigenvalue weighted by atomic mass is 16.6. The molecule has 0 spiro atoms. The number of nitrogens with zero attached hydrogens (tertiary/aromatic N) is 4. The molecule has 0 amide bonds. The molecule has 1 aliphatic rings. The number of aromatic nitrogens is 2. The van der Waals surface area contributed by atoms with Crippen LogP contribution in [0.2, 0.25) is 0 Å². The van der Waals surface area contributed by atoms with E-state index in [4.69, 9.17) is 14.7 Å². The van der Waals surface area contributed by atoms with Gasteiger partial charge in [-0.15, -0.1) is 0 Å². The molecule has 20 heavy (non-hydrogen) atoms. The molecule has 6 heteroatoms. The third kappa shape index (κ3) is 2.52. The number of fused-ring (bicyclic) bond motifs is 1. The molecule has 6 nitrogen and oxygen atoms in total. The maximum Gasteiger partial charge on any atom is 0.155 e. The summed E-state index contributed by atoms with van der Waals surface area (Å²) in [7, 11) is 0. The minimum Gasteiger partial charge on any atom is -0.391 e. The van der Waals surface area contributed by atoms with Crippen LogP contribution in [0.1, 0.15) is 35.4 Å². The number of nitriles is 1. The summed E-state index contributed by atoms with van der Waals surface area (Å²) in [6, 6.07) is 9.29. The molecule has 0 aliphatic heterocycles. The Bertz CT molecular complexity index is 667. The van der Waals surface area contributed by atoms with Gasteiger partial charge in [-0.3, -0.25) is 0 Å². The molecule has 3 rings (SSSR count). The molecule has 0 unspecified atom stereocenters. The van der Waals surface area contributed by atoms with Crippen molar-refractivity contribution in [3.63, 3.8) is 0 Å². The lowest BCUT2D eigenvalue weighted by Crippen LogP contribution is -2.12. The van der Waals surface area contributed by atoms with E-state index in [1.807, 2.05) is 12.1 Å². The summed E-state index contributed by atoms with van der Waals surface area (Å²) in [6.45, 7) is 0.357. The maximum absolute atomic E-state index is 8.72. The topological polar surface area (TPSA) is 84.3 Å². The Morgan fingerprint density at radius 3 is 2.90 bits per heavy atom. The lowest BCUT2D eigenvalue weighted by Gasteiger charge is -2.09. The van der Waals surface area contributed by atoms with E-state index in [-0.39, 0.29) is 0 Å². The van der Waals surface area contributed by atoms with E-state index in [0.29, 0.717) is 17.9 Å². The third-order valence-corrected chi connectivity index (χ3v) is 3.15. The minimum atomic E-state index is 0.357. The van der Waals surface area contributed by atoms with Crippen LogP contribution in [0.4, 0.5) is 0 Å². The summed E-state index contributed by atoms with van der Waals surface area (Å²) in [6.07, 6.45) is 2.66. The first-order chi connectivity index (χ1) is 9.86. The number of rotatable bonds is 3. The van der Waals surface area contributed by atoms with Gasteiger partial charge in [-0.25, -0.2) is 4.63 Å². The Morgan fingerprint density at radius 2 is 2.10 bits per heavy atom. The molecule has 0 N–H and O–H groups in total. The fourth-order valence-electron chi connectivity index (χ4n) is 2.08. The Kier molecular flexibility index (Phi) is 3.42. The number of aryl methyl sites for hydroxylation is 1. The van der Waals surface area contributed by atoms with E-state index in [9.17, 15) is 0 Å². The number of oxime groups is 1. The van der Waals surface area contributed by atoms with Gasteiger partial charge in [0.05, 0.1) is 11.6 Å². The zero-order chi connectivity index (χ0) is 13.8. The average molecular weight is 268 g/mol. The Balaban J connectivity index is 1.65. The van der Waals surface area contributed by atoms with Crippen molar-refractivity contribution < 1.29 is 9.47 Å². The van der Waals surface area contributed by atoms with Crippen molar-refractivity contribution >= 4 is 5.71 Å². The largest absolute Gasteiger partial charge is 0.391 e.